The van der Waals surface area contributed by atoms with Gasteiger partial charge in [-0.2, -0.15) is 0 Å². The van der Waals surface area contributed by atoms with Gasteiger partial charge in [0, 0.05) is 5.92 Å². The van der Waals surface area contributed by atoms with Gasteiger partial charge in [0.15, 0.2) is 0 Å². The molecule has 0 aliphatic carbocycles. The van der Waals surface area contributed by atoms with Crippen molar-refractivity contribution in [1.29, 1.82) is 0 Å². The van der Waals surface area contributed by atoms with Crippen molar-refractivity contribution < 1.29 is 0 Å². The summed E-state index contributed by atoms with van der Waals surface area (Å²) in [6.45, 7) is 2.35. The van der Waals surface area contributed by atoms with Gasteiger partial charge < -0.3 is 0 Å². The normalized spacial score (nSPS) is 12.7. The molecule has 7 aromatic carbocycles. The fourth-order valence-electron chi connectivity index (χ4n) is 5.87. The molecule has 0 saturated heterocycles. The third-order valence-electron chi connectivity index (χ3n) is 7.57. The summed E-state index contributed by atoms with van der Waals surface area (Å²) < 4.78 is 0. The highest BCUT2D eigenvalue weighted by molar-refractivity contribution is 6.18. The minimum Gasteiger partial charge on any atom is -0.0616 e. The predicted molar refractivity (Wildman–Crippen MR) is 148 cm³/mol. The number of hydrogen-bond acceptors (Lipinski definition) is 0. The van der Waals surface area contributed by atoms with Crippen LogP contribution in [0.2, 0.25) is 0 Å². The Bertz CT molecular complexity index is 1870. The lowest BCUT2D eigenvalue weighted by Gasteiger charge is -2.19. The van der Waals surface area contributed by atoms with E-state index in [-0.39, 0.29) is 5.92 Å². The second kappa shape index (κ2) is 7.43. The highest BCUT2D eigenvalue weighted by Crippen LogP contribution is 2.39. The zero-order chi connectivity index (χ0) is 22.6. The standard InChI is InChI=1S/C34H24/c1-22(25-12-6-14-29-27-10-4-2-8-23(27)16-18-31(25)29)26-13-7-15-30-32(26)20-21-33-28-11-5-3-9-24(28)17-19-34(30)33/h2-22H,1H3. The molecule has 0 bridgehead atoms. The molecule has 34 heavy (non-hydrogen) atoms. The van der Waals surface area contributed by atoms with Gasteiger partial charge in [-0.05, 0) is 65.0 Å². The summed E-state index contributed by atoms with van der Waals surface area (Å²) in [4.78, 5) is 0. The summed E-state index contributed by atoms with van der Waals surface area (Å²) in [5, 5.41) is 13.2. The fraction of sp³-hybridized carbons (Fsp3) is 0.0588. The zero-order valence-corrected chi connectivity index (χ0v) is 19.1. The van der Waals surface area contributed by atoms with Crippen molar-refractivity contribution in [1.82, 2.24) is 0 Å². The quantitative estimate of drug-likeness (QED) is 0.239. The third kappa shape index (κ3) is 2.79. The van der Waals surface area contributed by atoms with Gasteiger partial charge in [-0.25, -0.2) is 0 Å². The smallest absolute Gasteiger partial charge is 0.00733 e. The van der Waals surface area contributed by atoms with Crippen molar-refractivity contribution in [2.45, 2.75) is 12.8 Å². The second-order valence-corrected chi connectivity index (χ2v) is 9.34. The molecule has 0 heteroatoms. The first kappa shape index (κ1) is 19.3. The van der Waals surface area contributed by atoms with Crippen molar-refractivity contribution >= 4 is 53.9 Å². The number of benzene rings is 7. The van der Waals surface area contributed by atoms with E-state index < -0.39 is 0 Å². The van der Waals surface area contributed by atoms with Crippen LogP contribution < -0.4 is 0 Å². The van der Waals surface area contributed by atoms with Gasteiger partial charge in [0.2, 0.25) is 0 Å². The molecule has 0 fully saturated rings. The molecule has 0 aliphatic heterocycles. The molecule has 160 valence electrons. The van der Waals surface area contributed by atoms with Gasteiger partial charge >= 0.3 is 0 Å². The monoisotopic (exact) mass is 432 g/mol. The zero-order valence-electron chi connectivity index (χ0n) is 19.1. The Labute approximate surface area is 199 Å². The largest absolute Gasteiger partial charge is 0.0616 e. The van der Waals surface area contributed by atoms with Crippen LogP contribution in [-0.2, 0) is 0 Å². The molecule has 1 unspecified atom stereocenters. The minimum atomic E-state index is 0.284. The molecular weight excluding hydrogens is 408 g/mol. The molecule has 0 heterocycles. The van der Waals surface area contributed by atoms with E-state index in [2.05, 4.69) is 128 Å². The first-order chi connectivity index (χ1) is 16.8. The average molecular weight is 433 g/mol. The summed E-state index contributed by atoms with van der Waals surface area (Å²) in [7, 11) is 0. The van der Waals surface area contributed by atoms with Gasteiger partial charge in [0.25, 0.3) is 0 Å². The maximum absolute atomic E-state index is 2.35. The summed E-state index contributed by atoms with van der Waals surface area (Å²) in [5.41, 5.74) is 2.77. The van der Waals surface area contributed by atoms with Gasteiger partial charge in [-0.15, -0.1) is 0 Å². The maximum atomic E-state index is 2.35. The lowest BCUT2D eigenvalue weighted by Crippen LogP contribution is -1.99. The Morgan fingerprint density at radius 1 is 0.324 bits per heavy atom. The second-order valence-electron chi connectivity index (χ2n) is 9.34. The maximum Gasteiger partial charge on any atom is 0.00733 e. The van der Waals surface area contributed by atoms with Crippen molar-refractivity contribution in [3.8, 4) is 0 Å². The van der Waals surface area contributed by atoms with E-state index in [0.717, 1.165) is 0 Å². The lowest BCUT2D eigenvalue weighted by molar-refractivity contribution is 0.944. The molecule has 0 N–H and O–H groups in total. The van der Waals surface area contributed by atoms with E-state index in [1.54, 1.807) is 0 Å². The van der Waals surface area contributed by atoms with Gasteiger partial charge in [0.05, 0.1) is 0 Å². The summed E-state index contributed by atoms with van der Waals surface area (Å²) in [5.74, 6) is 0.284. The van der Waals surface area contributed by atoms with E-state index in [9.17, 15) is 0 Å². The van der Waals surface area contributed by atoms with Crippen LogP contribution in [0.4, 0.5) is 0 Å². The molecule has 0 saturated carbocycles. The summed E-state index contributed by atoms with van der Waals surface area (Å²) in [6.07, 6.45) is 0. The Morgan fingerprint density at radius 3 is 1.32 bits per heavy atom. The van der Waals surface area contributed by atoms with Crippen LogP contribution in [0.15, 0.2) is 121 Å². The number of hydrogen-bond donors (Lipinski definition) is 0. The van der Waals surface area contributed by atoms with Crippen LogP contribution in [0, 0.1) is 0 Å². The summed E-state index contributed by atoms with van der Waals surface area (Å²) >= 11 is 0. The highest BCUT2D eigenvalue weighted by Gasteiger charge is 2.16. The SMILES string of the molecule is CC(c1cccc2c1ccc1ccccc12)c1cccc2c1ccc1c3ccccc3ccc21. The molecule has 0 aliphatic rings. The predicted octanol–water partition coefficient (Wildman–Crippen LogP) is 9.60. The van der Waals surface area contributed by atoms with Gasteiger partial charge in [-0.3, -0.25) is 0 Å². The molecule has 0 spiro atoms. The van der Waals surface area contributed by atoms with E-state index in [1.807, 2.05) is 0 Å². The third-order valence-corrected chi connectivity index (χ3v) is 7.57. The van der Waals surface area contributed by atoms with Crippen LogP contribution in [0.25, 0.3) is 53.9 Å². The van der Waals surface area contributed by atoms with Crippen LogP contribution in [0.1, 0.15) is 24.0 Å². The molecule has 0 amide bonds. The van der Waals surface area contributed by atoms with Crippen molar-refractivity contribution in [2.24, 2.45) is 0 Å². The Morgan fingerprint density at radius 2 is 0.706 bits per heavy atom. The number of rotatable bonds is 2. The molecular formula is C34H24. The fourth-order valence-corrected chi connectivity index (χ4v) is 5.87. The van der Waals surface area contributed by atoms with E-state index in [0.29, 0.717) is 0 Å². The van der Waals surface area contributed by atoms with Crippen LogP contribution in [-0.4, -0.2) is 0 Å². The van der Waals surface area contributed by atoms with E-state index in [4.69, 9.17) is 0 Å². The molecule has 1 atom stereocenters. The van der Waals surface area contributed by atoms with Crippen molar-refractivity contribution in [3.05, 3.63) is 132 Å². The van der Waals surface area contributed by atoms with Gasteiger partial charge in [0.1, 0.15) is 0 Å². The number of fused-ring (bicyclic) bond motifs is 8. The Hall–Kier alpha value is -4.16. The summed E-state index contributed by atoms with van der Waals surface area (Å²) in [6, 6.07) is 44.7. The van der Waals surface area contributed by atoms with Crippen LogP contribution >= 0.6 is 0 Å². The first-order valence-electron chi connectivity index (χ1n) is 12.0. The molecule has 0 aromatic heterocycles. The Kier molecular flexibility index (Phi) is 4.22. The Balaban J connectivity index is 1.47. The minimum absolute atomic E-state index is 0.284. The lowest BCUT2D eigenvalue weighted by atomic mass is 9.85. The van der Waals surface area contributed by atoms with Crippen molar-refractivity contribution in [2.75, 3.05) is 0 Å². The molecule has 7 rings (SSSR count). The van der Waals surface area contributed by atoms with E-state index >= 15 is 0 Å². The van der Waals surface area contributed by atoms with Crippen LogP contribution in [0.5, 0.6) is 0 Å². The van der Waals surface area contributed by atoms with Crippen molar-refractivity contribution in [3.63, 3.8) is 0 Å². The van der Waals surface area contributed by atoms with E-state index in [1.165, 1.54) is 65.0 Å². The molecule has 7 aromatic rings. The molecule has 0 radical (unpaired) electrons. The average Bonchev–Trinajstić information content (AvgIpc) is 2.91. The molecule has 0 nitrogen and oxygen atoms in total. The van der Waals surface area contributed by atoms with Crippen LogP contribution in [0.3, 0.4) is 0 Å². The first-order valence-corrected chi connectivity index (χ1v) is 12.0. The van der Waals surface area contributed by atoms with Gasteiger partial charge in [-0.1, -0.05) is 128 Å². The topological polar surface area (TPSA) is 0 Å². The highest BCUT2D eigenvalue weighted by atomic mass is 14.2.